The SMILES string of the molecule is COc1cc(C)c(C)cc1N(C)CC(C)N. The Morgan fingerprint density at radius 1 is 1.31 bits per heavy atom. The zero-order valence-corrected chi connectivity index (χ0v) is 10.9. The Bertz CT molecular complexity index is 361. The minimum absolute atomic E-state index is 0.149. The summed E-state index contributed by atoms with van der Waals surface area (Å²) >= 11 is 0. The van der Waals surface area contributed by atoms with E-state index in [1.807, 2.05) is 14.0 Å². The number of benzene rings is 1. The highest BCUT2D eigenvalue weighted by molar-refractivity contribution is 5.61. The van der Waals surface area contributed by atoms with Crippen LogP contribution in [0.2, 0.25) is 0 Å². The second kappa shape index (κ2) is 5.21. The molecule has 0 heterocycles. The molecule has 0 bridgehead atoms. The van der Waals surface area contributed by atoms with E-state index in [1.54, 1.807) is 7.11 Å². The number of methoxy groups -OCH3 is 1. The van der Waals surface area contributed by atoms with Crippen LogP contribution in [0, 0.1) is 13.8 Å². The van der Waals surface area contributed by atoms with Gasteiger partial charge in [0, 0.05) is 19.6 Å². The first kappa shape index (κ1) is 12.8. The van der Waals surface area contributed by atoms with Gasteiger partial charge in [-0.3, -0.25) is 0 Å². The zero-order valence-electron chi connectivity index (χ0n) is 10.9. The lowest BCUT2D eigenvalue weighted by atomic mass is 10.1. The summed E-state index contributed by atoms with van der Waals surface area (Å²) in [5, 5.41) is 0. The van der Waals surface area contributed by atoms with Gasteiger partial charge in [-0.05, 0) is 44.0 Å². The van der Waals surface area contributed by atoms with Crippen LogP contribution < -0.4 is 15.4 Å². The maximum Gasteiger partial charge on any atom is 0.142 e. The third-order valence-electron chi connectivity index (χ3n) is 2.77. The van der Waals surface area contributed by atoms with Gasteiger partial charge in [0.15, 0.2) is 0 Å². The number of aryl methyl sites for hydroxylation is 2. The first-order valence-electron chi connectivity index (χ1n) is 5.57. The monoisotopic (exact) mass is 222 g/mol. The molecule has 3 heteroatoms. The fourth-order valence-corrected chi connectivity index (χ4v) is 1.77. The van der Waals surface area contributed by atoms with Crippen molar-refractivity contribution in [3.63, 3.8) is 0 Å². The maximum atomic E-state index is 5.81. The predicted molar refractivity (Wildman–Crippen MR) is 69.4 cm³/mol. The highest BCUT2D eigenvalue weighted by Crippen LogP contribution is 2.30. The summed E-state index contributed by atoms with van der Waals surface area (Å²) in [6.07, 6.45) is 0. The number of likely N-dealkylation sites (N-methyl/N-ethyl adjacent to an activating group) is 1. The van der Waals surface area contributed by atoms with Crippen LogP contribution in [-0.4, -0.2) is 26.7 Å². The van der Waals surface area contributed by atoms with Crippen LogP contribution in [0.15, 0.2) is 12.1 Å². The van der Waals surface area contributed by atoms with Gasteiger partial charge in [0.1, 0.15) is 5.75 Å². The summed E-state index contributed by atoms with van der Waals surface area (Å²) in [5.41, 5.74) is 9.42. The molecule has 0 spiro atoms. The number of nitrogens with two attached hydrogens (primary N) is 1. The molecule has 1 atom stereocenters. The van der Waals surface area contributed by atoms with Crippen LogP contribution >= 0.6 is 0 Å². The molecule has 16 heavy (non-hydrogen) atoms. The van der Waals surface area contributed by atoms with Crippen molar-refractivity contribution in [3.8, 4) is 5.75 Å². The molecule has 0 aliphatic heterocycles. The van der Waals surface area contributed by atoms with E-state index in [1.165, 1.54) is 11.1 Å². The van der Waals surface area contributed by atoms with Crippen molar-refractivity contribution < 1.29 is 4.74 Å². The Hall–Kier alpha value is -1.22. The third kappa shape index (κ3) is 2.89. The van der Waals surface area contributed by atoms with Crippen LogP contribution in [0.3, 0.4) is 0 Å². The number of hydrogen-bond donors (Lipinski definition) is 1. The van der Waals surface area contributed by atoms with Crippen molar-refractivity contribution in [3.05, 3.63) is 23.3 Å². The average Bonchev–Trinajstić information content (AvgIpc) is 2.20. The molecule has 2 N–H and O–H groups in total. The van der Waals surface area contributed by atoms with Gasteiger partial charge in [0.25, 0.3) is 0 Å². The molecule has 1 aromatic rings. The standard InChI is InChI=1S/C13H22N2O/c1-9-6-12(15(4)8-11(3)14)13(16-5)7-10(9)2/h6-7,11H,8,14H2,1-5H3. The minimum atomic E-state index is 0.149. The van der Waals surface area contributed by atoms with E-state index in [0.29, 0.717) is 0 Å². The van der Waals surface area contributed by atoms with E-state index in [0.717, 1.165) is 18.0 Å². The molecule has 3 nitrogen and oxygen atoms in total. The molecule has 0 amide bonds. The number of anilines is 1. The number of rotatable bonds is 4. The smallest absolute Gasteiger partial charge is 0.142 e. The molecule has 0 radical (unpaired) electrons. The Kier molecular flexibility index (Phi) is 4.19. The molecule has 0 aliphatic carbocycles. The van der Waals surface area contributed by atoms with Gasteiger partial charge in [0.05, 0.1) is 12.8 Å². The molecule has 1 unspecified atom stereocenters. The second-order valence-corrected chi connectivity index (χ2v) is 4.47. The van der Waals surface area contributed by atoms with Crippen molar-refractivity contribution >= 4 is 5.69 Å². The first-order chi connectivity index (χ1) is 7.45. The molecule has 0 saturated carbocycles. The molecule has 90 valence electrons. The summed E-state index contributed by atoms with van der Waals surface area (Å²) in [5.74, 6) is 0.909. The highest BCUT2D eigenvalue weighted by Gasteiger charge is 2.11. The average molecular weight is 222 g/mol. The summed E-state index contributed by atoms with van der Waals surface area (Å²) in [4.78, 5) is 2.13. The fraction of sp³-hybridized carbons (Fsp3) is 0.538. The van der Waals surface area contributed by atoms with Crippen molar-refractivity contribution in [1.29, 1.82) is 0 Å². The lowest BCUT2D eigenvalue weighted by Crippen LogP contribution is -2.33. The zero-order chi connectivity index (χ0) is 12.3. The number of hydrogen-bond acceptors (Lipinski definition) is 3. The van der Waals surface area contributed by atoms with E-state index < -0.39 is 0 Å². The Labute approximate surface area is 98.2 Å². The van der Waals surface area contributed by atoms with Gasteiger partial charge in [-0.15, -0.1) is 0 Å². The van der Waals surface area contributed by atoms with Crippen molar-refractivity contribution in [1.82, 2.24) is 0 Å². The molecule has 0 aromatic heterocycles. The maximum absolute atomic E-state index is 5.81. The summed E-state index contributed by atoms with van der Waals surface area (Å²) in [6, 6.07) is 4.37. The fourth-order valence-electron chi connectivity index (χ4n) is 1.77. The molecule has 0 aliphatic rings. The van der Waals surface area contributed by atoms with Crippen molar-refractivity contribution in [2.45, 2.75) is 26.8 Å². The molecule has 0 fully saturated rings. The topological polar surface area (TPSA) is 38.5 Å². The third-order valence-corrected chi connectivity index (χ3v) is 2.77. The van der Waals surface area contributed by atoms with E-state index in [2.05, 4.69) is 30.9 Å². The summed E-state index contributed by atoms with van der Waals surface area (Å²) in [7, 11) is 3.74. The van der Waals surface area contributed by atoms with Crippen LogP contribution in [0.1, 0.15) is 18.1 Å². The van der Waals surface area contributed by atoms with Crippen molar-refractivity contribution in [2.75, 3.05) is 25.6 Å². The highest BCUT2D eigenvalue weighted by atomic mass is 16.5. The van der Waals surface area contributed by atoms with Gasteiger partial charge in [0.2, 0.25) is 0 Å². The summed E-state index contributed by atoms with van der Waals surface area (Å²) < 4.78 is 5.40. The largest absolute Gasteiger partial charge is 0.495 e. The van der Waals surface area contributed by atoms with Crippen LogP contribution in [-0.2, 0) is 0 Å². The van der Waals surface area contributed by atoms with Gasteiger partial charge in [-0.2, -0.15) is 0 Å². The molecule has 1 aromatic carbocycles. The van der Waals surface area contributed by atoms with E-state index in [9.17, 15) is 0 Å². The quantitative estimate of drug-likeness (QED) is 0.848. The molecule has 0 saturated heterocycles. The number of ether oxygens (including phenoxy) is 1. The summed E-state index contributed by atoms with van der Waals surface area (Å²) in [6.45, 7) is 7.02. The predicted octanol–water partition coefficient (Wildman–Crippen LogP) is 2.10. The van der Waals surface area contributed by atoms with Gasteiger partial charge in [-0.1, -0.05) is 0 Å². The first-order valence-corrected chi connectivity index (χ1v) is 5.57. The van der Waals surface area contributed by atoms with Crippen LogP contribution in [0.25, 0.3) is 0 Å². The van der Waals surface area contributed by atoms with Crippen LogP contribution in [0.5, 0.6) is 5.75 Å². The van der Waals surface area contributed by atoms with E-state index in [4.69, 9.17) is 10.5 Å². The van der Waals surface area contributed by atoms with Gasteiger partial charge < -0.3 is 15.4 Å². The lowest BCUT2D eigenvalue weighted by molar-refractivity contribution is 0.414. The normalized spacial score (nSPS) is 12.4. The molecular formula is C13H22N2O. The van der Waals surface area contributed by atoms with Gasteiger partial charge in [-0.25, -0.2) is 0 Å². The van der Waals surface area contributed by atoms with E-state index in [-0.39, 0.29) is 6.04 Å². The lowest BCUT2D eigenvalue weighted by Gasteiger charge is -2.24. The Morgan fingerprint density at radius 2 is 1.88 bits per heavy atom. The van der Waals surface area contributed by atoms with Gasteiger partial charge >= 0.3 is 0 Å². The minimum Gasteiger partial charge on any atom is -0.495 e. The Balaban J connectivity index is 3.06. The van der Waals surface area contributed by atoms with Crippen molar-refractivity contribution in [2.24, 2.45) is 5.73 Å². The second-order valence-electron chi connectivity index (χ2n) is 4.47. The Morgan fingerprint density at radius 3 is 2.38 bits per heavy atom. The molecular weight excluding hydrogens is 200 g/mol. The molecule has 1 rings (SSSR count). The van der Waals surface area contributed by atoms with Crippen LogP contribution in [0.4, 0.5) is 5.69 Å². The number of nitrogens with zero attached hydrogens (tertiary/aromatic N) is 1. The van der Waals surface area contributed by atoms with E-state index >= 15 is 0 Å².